The average molecular weight is 208 g/mol. The van der Waals surface area contributed by atoms with Crippen molar-refractivity contribution in [2.75, 3.05) is 0 Å². The Kier molecular flexibility index (Phi) is 2.84. The fourth-order valence-electron chi connectivity index (χ4n) is 1.48. The third kappa shape index (κ3) is 2.35. The van der Waals surface area contributed by atoms with E-state index >= 15 is 0 Å². The van der Waals surface area contributed by atoms with Crippen LogP contribution in [0.4, 0.5) is 0 Å². The van der Waals surface area contributed by atoms with Gasteiger partial charge in [-0.1, -0.05) is 20.8 Å². The number of allylic oxidation sites excluding steroid dienone is 2. The van der Waals surface area contributed by atoms with E-state index in [2.05, 4.69) is 0 Å². The normalized spacial score (nSPS) is 19.1. The second-order valence-corrected chi connectivity index (χ2v) is 4.71. The molecule has 0 spiro atoms. The van der Waals surface area contributed by atoms with Crippen LogP contribution in [0.3, 0.4) is 0 Å². The summed E-state index contributed by atoms with van der Waals surface area (Å²) in [6.07, 6.45) is 6.18. The van der Waals surface area contributed by atoms with Crippen LogP contribution in [0.1, 0.15) is 27.7 Å². The molecule has 3 nitrogen and oxygen atoms in total. The Balaban J connectivity index is 3.09. The van der Waals surface area contributed by atoms with Crippen LogP contribution >= 0.6 is 0 Å². The first-order valence-corrected chi connectivity index (χ1v) is 4.89. The lowest BCUT2D eigenvalue weighted by Crippen LogP contribution is -2.44. The van der Waals surface area contributed by atoms with E-state index in [1.165, 1.54) is 19.1 Å². The van der Waals surface area contributed by atoms with Crippen molar-refractivity contribution in [3.8, 4) is 0 Å². The van der Waals surface area contributed by atoms with Crippen molar-refractivity contribution >= 4 is 11.8 Å². The highest BCUT2D eigenvalue weighted by molar-refractivity contribution is 6.00. The molecule has 0 heterocycles. The predicted octanol–water partition coefficient (Wildman–Crippen LogP) is 2.03. The van der Waals surface area contributed by atoms with Crippen molar-refractivity contribution in [2.45, 2.75) is 33.3 Å². The van der Waals surface area contributed by atoms with Crippen molar-refractivity contribution in [1.29, 1.82) is 0 Å². The summed E-state index contributed by atoms with van der Waals surface area (Å²) in [5, 5.41) is 0. The zero-order valence-electron chi connectivity index (χ0n) is 9.53. The van der Waals surface area contributed by atoms with E-state index in [4.69, 9.17) is 4.74 Å². The molecular weight excluding hydrogens is 192 g/mol. The second kappa shape index (κ2) is 3.65. The van der Waals surface area contributed by atoms with Gasteiger partial charge in [0.05, 0.1) is 0 Å². The van der Waals surface area contributed by atoms with E-state index < -0.39 is 5.60 Å². The number of esters is 1. The van der Waals surface area contributed by atoms with Crippen molar-refractivity contribution < 1.29 is 14.3 Å². The maximum absolute atomic E-state index is 11.1. The number of rotatable bonds is 1. The summed E-state index contributed by atoms with van der Waals surface area (Å²) in [5.41, 5.74) is -1.10. The van der Waals surface area contributed by atoms with Crippen LogP contribution in [0.25, 0.3) is 0 Å². The molecule has 0 N–H and O–H groups in total. The maximum Gasteiger partial charge on any atom is 0.303 e. The molecule has 0 radical (unpaired) electrons. The van der Waals surface area contributed by atoms with Crippen LogP contribution in [0.15, 0.2) is 24.3 Å². The second-order valence-electron chi connectivity index (χ2n) is 4.71. The summed E-state index contributed by atoms with van der Waals surface area (Å²) < 4.78 is 5.33. The van der Waals surface area contributed by atoms with Crippen LogP contribution in [0.2, 0.25) is 0 Å². The SMILES string of the molecule is CC(=O)OC1(C(C)(C)C)C=CC(=O)C=C1. The molecule has 0 bridgehead atoms. The number of ether oxygens (including phenoxy) is 1. The van der Waals surface area contributed by atoms with Gasteiger partial charge in [0, 0.05) is 12.3 Å². The lowest BCUT2D eigenvalue weighted by molar-refractivity contribution is -0.156. The quantitative estimate of drug-likeness (QED) is 0.619. The Hall–Kier alpha value is -1.38. The van der Waals surface area contributed by atoms with E-state index in [9.17, 15) is 9.59 Å². The lowest BCUT2D eigenvalue weighted by Gasteiger charge is -2.40. The first-order chi connectivity index (χ1) is 6.77. The first-order valence-electron chi connectivity index (χ1n) is 4.89. The molecule has 0 fully saturated rings. The van der Waals surface area contributed by atoms with Gasteiger partial charge in [-0.3, -0.25) is 9.59 Å². The molecule has 82 valence electrons. The zero-order valence-corrected chi connectivity index (χ0v) is 9.53. The smallest absolute Gasteiger partial charge is 0.303 e. The highest BCUT2D eigenvalue weighted by Gasteiger charge is 2.42. The fourth-order valence-corrected chi connectivity index (χ4v) is 1.48. The molecule has 1 aliphatic carbocycles. The third-order valence-electron chi connectivity index (χ3n) is 2.48. The van der Waals surface area contributed by atoms with Gasteiger partial charge in [0.2, 0.25) is 0 Å². The van der Waals surface area contributed by atoms with Crippen molar-refractivity contribution in [3.05, 3.63) is 24.3 Å². The van der Waals surface area contributed by atoms with Gasteiger partial charge in [0.25, 0.3) is 0 Å². The number of ketones is 1. The minimum Gasteiger partial charge on any atom is -0.450 e. The van der Waals surface area contributed by atoms with Crippen LogP contribution < -0.4 is 0 Å². The van der Waals surface area contributed by atoms with Gasteiger partial charge < -0.3 is 4.74 Å². The molecule has 1 rings (SSSR count). The molecule has 0 saturated heterocycles. The van der Waals surface area contributed by atoms with E-state index in [1.807, 2.05) is 20.8 Å². The maximum atomic E-state index is 11.1. The summed E-state index contributed by atoms with van der Waals surface area (Å²) >= 11 is 0. The van der Waals surface area contributed by atoms with Gasteiger partial charge in [-0.15, -0.1) is 0 Å². The average Bonchev–Trinajstić information content (AvgIpc) is 2.06. The topological polar surface area (TPSA) is 43.4 Å². The van der Waals surface area contributed by atoms with E-state index in [1.54, 1.807) is 12.2 Å². The Bertz CT molecular complexity index is 326. The molecular formula is C12H16O3. The highest BCUT2D eigenvalue weighted by atomic mass is 16.6. The summed E-state index contributed by atoms with van der Waals surface area (Å²) in [7, 11) is 0. The van der Waals surface area contributed by atoms with E-state index in [-0.39, 0.29) is 17.2 Å². The molecule has 0 aromatic heterocycles. The summed E-state index contributed by atoms with van der Waals surface area (Å²) in [6, 6.07) is 0. The molecule has 0 aromatic rings. The molecule has 1 aliphatic rings. The fraction of sp³-hybridized carbons (Fsp3) is 0.500. The standard InChI is InChI=1S/C12H16O3/c1-9(13)15-12(11(2,3)4)7-5-10(14)6-8-12/h5-8H,1-4H3. The lowest BCUT2D eigenvalue weighted by atomic mass is 9.74. The van der Waals surface area contributed by atoms with Crippen LogP contribution in [0.5, 0.6) is 0 Å². The molecule has 0 aliphatic heterocycles. The molecule has 0 unspecified atom stereocenters. The summed E-state index contributed by atoms with van der Waals surface area (Å²) in [6.45, 7) is 7.24. The van der Waals surface area contributed by atoms with E-state index in [0.717, 1.165) is 0 Å². The van der Waals surface area contributed by atoms with Crippen molar-refractivity contribution in [2.24, 2.45) is 5.41 Å². The highest BCUT2D eigenvalue weighted by Crippen LogP contribution is 2.38. The molecule has 3 heteroatoms. The van der Waals surface area contributed by atoms with Crippen molar-refractivity contribution in [3.63, 3.8) is 0 Å². The van der Waals surface area contributed by atoms with Crippen LogP contribution in [0, 0.1) is 5.41 Å². The Morgan fingerprint density at radius 2 is 1.73 bits per heavy atom. The van der Waals surface area contributed by atoms with Gasteiger partial charge in [-0.25, -0.2) is 0 Å². The van der Waals surface area contributed by atoms with Gasteiger partial charge in [-0.05, 0) is 24.3 Å². The Labute approximate surface area is 89.8 Å². The number of hydrogen-bond acceptors (Lipinski definition) is 3. The van der Waals surface area contributed by atoms with Gasteiger partial charge in [0.15, 0.2) is 11.4 Å². The number of hydrogen-bond donors (Lipinski definition) is 0. The van der Waals surface area contributed by atoms with Gasteiger partial charge >= 0.3 is 5.97 Å². The molecule has 0 atom stereocenters. The first kappa shape index (κ1) is 11.7. The van der Waals surface area contributed by atoms with Gasteiger partial charge in [0.1, 0.15) is 0 Å². The number of carbonyl (C=O) groups excluding carboxylic acids is 2. The van der Waals surface area contributed by atoms with Gasteiger partial charge in [-0.2, -0.15) is 0 Å². The summed E-state index contributed by atoms with van der Waals surface area (Å²) in [5.74, 6) is -0.435. The van der Waals surface area contributed by atoms with Crippen LogP contribution in [-0.2, 0) is 14.3 Å². The predicted molar refractivity (Wildman–Crippen MR) is 57.2 cm³/mol. The zero-order chi connectivity index (χ0) is 11.7. The number of carbonyl (C=O) groups is 2. The summed E-state index contributed by atoms with van der Waals surface area (Å²) in [4.78, 5) is 22.1. The monoisotopic (exact) mass is 208 g/mol. The Morgan fingerprint density at radius 3 is 2.07 bits per heavy atom. The molecule has 15 heavy (non-hydrogen) atoms. The van der Waals surface area contributed by atoms with E-state index in [0.29, 0.717) is 0 Å². The minimum atomic E-state index is -0.813. The minimum absolute atomic E-state index is 0.0815. The van der Waals surface area contributed by atoms with Crippen molar-refractivity contribution in [1.82, 2.24) is 0 Å². The molecule has 0 saturated carbocycles. The molecule has 0 amide bonds. The largest absolute Gasteiger partial charge is 0.450 e. The van der Waals surface area contributed by atoms with Crippen LogP contribution in [-0.4, -0.2) is 17.4 Å². The Morgan fingerprint density at radius 1 is 1.27 bits per heavy atom. The third-order valence-corrected chi connectivity index (χ3v) is 2.48. The molecule has 0 aromatic carbocycles.